The lowest BCUT2D eigenvalue weighted by Gasteiger charge is -2.51. The molecule has 5 nitrogen and oxygen atoms in total. The average molecular weight is 290 g/mol. The molecule has 1 spiro atoms. The van der Waals surface area contributed by atoms with E-state index in [0.29, 0.717) is 6.61 Å². The van der Waals surface area contributed by atoms with Gasteiger partial charge in [0.1, 0.15) is 29.9 Å². The number of ether oxygens (including phenoxy) is 3. The zero-order valence-corrected chi connectivity index (χ0v) is 12.0. The van der Waals surface area contributed by atoms with Gasteiger partial charge in [-0.15, -0.1) is 11.8 Å². The maximum absolute atomic E-state index is 10.3. The summed E-state index contributed by atoms with van der Waals surface area (Å²) in [6.45, 7) is 0.436. The average Bonchev–Trinajstić information content (AvgIpc) is 2.44. The van der Waals surface area contributed by atoms with Crippen molar-refractivity contribution in [1.29, 1.82) is 0 Å². The van der Waals surface area contributed by atoms with Crippen LogP contribution in [0.2, 0.25) is 0 Å². The molecule has 1 aliphatic carbocycles. The summed E-state index contributed by atoms with van der Waals surface area (Å²) in [4.78, 5) is 0. The van der Waals surface area contributed by atoms with E-state index in [9.17, 15) is 10.2 Å². The quantitative estimate of drug-likeness (QED) is 0.747. The molecule has 110 valence electrons. The van der Waals surface area contributed by atoms with Crippen molar-refractivity contribution in [3.05, 3.63) is 0 Å². The smallest absolute Gasteiger partial charge is 0.169 e. The molecule has 0 aromatic rings. The molecule has 0 aromatic heterocycles. The Morgan fingerprint density at radius 2 is 1.84 bits per heavy atom. The fourth-order valence-corrected chi connectivity index (χ4v) is 3.94. The van der Waals surface area contributed by atoms with E-state index in [2.05, 4.69) is 0 Å². The van der Waals surface area contributed by atoms with E-state index in [0.717, 1.165) is 25.7 Å². The van der Waals surface area contributed by atoms with Crippen molar-refractivity contribution in [3.63, 3.8) is 0 Å². The molecule has 3 fully saturated rings. The van der Waals surface area contributed by atoms with Crippen LogP contribution in [0.15, 0.2) is 0 Å². The highest BCUT2D eigenvalue weighted by atomic mass is 32.2. The first-order valence-corrected chi connectivity index (χ1v) is 8.30. The number of thioether (sulfide) groups is 1. The molecule has 1 saturated carbocycles. The highest BCUT2D eigenvalue weighted by molar-refractivity contribution is 7.99. The van der Waals surface area contributed by atoms with Crippen LogP contribution in [0.3, 0.4) is 0 Å². The zero-order valence-electron chi connectivity index (χ0n) is 11.2. The third-order valence-electron chi connectivity index (χ3n) is 4.35. The molecular weight excluding hydrogens is 268 g/mol. The molecule has 0 bridgehead atoms. The number of fused-ring (bicyclic) bond motifs is 1. The lowest BCUT2D eigenvalue weighted by atomic mass is 9.91. The third-order valence-corrected chi connectivity index (χ3v) is 5.20. The van der Waals surface area contributed by atoms with Crippen molar-refractivity contribution in [2.75, 3.05) is 12.9 Å². The van der Waals surface area contributed by atoms with Crippen LogP contribution in [0.4, 0.5) is 0 Å². The zero-order chi connectivity index (χ0) is 13.5. The SMILES string of the molecule is CS[C@@H]1OC2COC3(CCCCC3)O[C@@H]2[C@H](O)C1O. The molecule has 2 unspecified atom stereocenters. The maximum Gasteiger partial charge on any atom is 0.169 e. The van der Waals surface area contributed by atoms with Gasteiger partial charge in [-0.2, -0.15) is 0 Å². The van der Waals surface area contributed by atoms with Crippen molar-refractivity contribution in [3.8, 4) is 0 Å². The predicted molar refractivity (Wildman–Crippen MR) is 70.8 cm³/mol. The minimum atomic E-state index is -0.907. The molecule has 0 radical (unpaired) electrons. The van der Waals surface area contributed by atoms with Crippen molar-refractivity contribution >= 4 is 11.8 Å². The fraction of sp³-hybridized carbons (Fsp3) is 1.00. The Kier molecular flexibility index (Phi) is 4.08. The number of hydrogen-bond acceptors (Lipinski definition) is 6. The summed E-state index contributed by atoms with van der Waals surface area (Å²) in [5.41, 5.74) is -0.413. The molecule has 2 aliphatic heterocycles. The Balaban J connectivity index is 1.73. The lowest BCUT2D eigenvalue weighted by molar-refractivity contribution is -0.369. The van der Waals surface area contributed by atoms with E-state index < -0.39 is 29.5 Å². The molecule has 3 aliphatic rings. The van der Waals surface area contributed by atoms with E-state index in [1.807, 2.05) is 6.26 Å². The third kappa shape index (κ3) is 2.54. The van der Waals surface area contributed by atoms with Gasteiger partial charge in [-0.25, -0.2) is 0 Å². The van der Waals surface area contributed by atoms with E-state index in [-0.39, 0.29) is 6.10 Å². The first kappa shape index (κ1) is 14.1. The van der Waals surface area contributed by atoms with Gasteiger partial charge in [-0.3, -0.25) is 0 Å². The Labute approximate surface area is 117 Å². The molecule has 2 N–H and O–H groups in total. The van der Waals surface area contributed by atoms with Crippen molar-refractivity contribution in [2.45, 2.75) is 67.7 Å². The monoisotopic (exact) mass is 290 g/mol. The van der Waals surface area contributed by atoms with E-state index in [4.69, 9.17) is 14.2 Å². The molecule has 0 amide bonds. The maximum atomic E-state index is 10.3. The van der Waals surface area contributed by atoms with Crippen LogP contribution < -0.4 is 0 Å². The second-order valence-electron chi connectivity index (χ2n) is 5.62. The molecule has 3 rings (SSSR count). The van der Waals surface area contributed by atoms with Gasteiger partial charge in [0, 0.05) is 12.8 Å². The van der Waals surface area contributed by atoms with Crippen molar-refractivity contribution in [2.24, 2.45) is 0 Å². The predicted octanol–water partition coefficient (Wildman–Crippen LogP) is 0.872. The molecule has 5 atom stereocenters. The molecule has 2 saturated heterocycles. The van der Waals surface area contributed by atoms with Gasteiger partial charge in [-0.1, -0.05) is 6.42 Å². The molecule has 2 heterocycles. The summed E-state index contributed by atoms with van der Waals surface area (Å²) in [7, 11) is 0. The van der Waals surface area contributed by atoms with E-state index >= 15 is 0 Å². The minimum Gasteiger partial charge on any atom is -0.387 e. The number of hydrogen-bond donors (Lipinski definition) is 2. The van der Waals surface area contributed by atoms with Gasteiger partial charge >= 0.3 is 0 Å². The highest BCUT2D eigenvalue weighted by Crippen LogP contribution is 2.41. The summed E-state index contributed by atoms with van der Waals surface area (Å²) in [5.74, 6) is -0.560. The Morgan fingerprint density at radius 3 is 2.53 bits per heavy atom. The number of aliphatic hydroxyl groups excluding tert-OH is 2. The van der Waals surface area contributed by atoms with Gasteiger partial charge in [0.05, 0.1) is 6.61 Å². The molecule has 6 heteroatoms. The lowest BCUT2D eigenvalue weighted by Crippen LogP contribution is -2.64. The van der Waals surface area contributed by atoms with Crippen LogP contribution in [-0.2, 0) is 14.2 Å². The highest BCUT2D eigenvalue weighted by Gasteiger charge is 2.52. The molecule has 19 heavy (non-hydrogen) atoms. The van der Waals surface area contributed by atoms with Gasteiger partial charge in [-0.05, 0) is 19.1 Å². The minimum absolute atomic E-state index is 0.289. The van der Waals surface area contributed by atoms with Crippen molar-refractivity contribution in [1.82, 2.24) is 0 Å². The van der Waals surface area contributed by atoms with Crippen LogP contribution in [0.25, 0.3) is 0 Å². The van der Waals surface area contributed by atoms with E-state index in [1.54, 1.807) is 0 Å². The fourth-order valence-electron chi connectivity index (χ4n) is 3.25. The number of rotatable bonds is 1. The van der Waals surface area contributed by atoms with Gasteiger partial charge < -0.3 is 24.4 Å². The second kappa shape index (κ2) is 5.50. The van der Waals surface area contributed by atoms with Gasteiger partial charge in [0.2, 0.25) is 0 Å². The summed E-state index contributed by atoms with van der Waals surface area (Å²) < 4.78 is 17.7. The van der Waals surface area contributed by atoms with Crippen LogP contribution in [0.1, 0.15) is 32.1 Å². The Morgan fingerprint density at radius 1 is 1.11 bits per heavy atom. The summed E-state index contributed by atoms with van der Waals surface area (Å²) in [6.07, 6.45) is 4.39. The van der Waals surface area contributed by atoms with Gasteiger partial charge in [0.15, 0.2) is 5.79 Å². The molecule has 0 aromatic carbocycles. The second-order valence-corrected chi connectivity index (χ2v) is 6.56. The standard InChI is InChI=1S/C13H22O5S/c1-19-12-10(15)9(14)11-8(17-12)7-16-13(18-11)5-3-2-4-6-13/h8-12,14-15H,2-7H2,1H3/t8?,9-,10?,11+,12+/m1/s1. The molecular formula is C13H22O5S. The summed E-state index contributed by atoms with van der Waals surface area (Å²) >= 11 is 1.40. The topological polar surface area (TPSA) is 68.2 Å². The normalized spacial score (nSPS) is 45.9. The van der Waals surface area contributed by atoms with Crippen LogP contribution in [0.5, 0.6) is 0 Å². The van der Waals surface area contributed by atoms with Crippen LogP contribution in [0, 0.1) is 0 Å². The Bertz CT molecular complexity index is 318. The first-order valence-electron chi connectivity index (χ1n) is 7.01. The largest absolute Gasteiger partial charge is 0.387 e. The van der Waals surface area contributed by atoms with E-state index in [1.165, 1.54) is 18.2 Å². The van der Waals surface area contributed by atoms with Crippen LogP contribution in [-0.4, -0.2) is 58.7 Å². The number of aliphatic hydroxyl groups is 2. The summed E-state index contributed by atoms with van der Waals surface area (Å²) in [5, 5.41) is 20.3. The first-order chi connectivity index (χ1) is 9.15. The Hall–Kier alpha value is 0.150. The summed E-state index contributed by atoms with van der Waals surface area (Å²) in [6, 6.07) is 0. The van der Waals surface area contributed by atoms with Gasteiger partial charge in [0.25, 0.3) is 0 Å². The van der Waals surface area contributed by atoms with Crippen LogP contribution >= 0.6 is 11.8 Å². The van der Waals surface area contributed by atoms with Crippen molar-refractivity contribution < 1.29 is 24.4 Å².